The lowest BCUT2D eigenvalue weighted by molar-refractivity contribution is 0.0600. The van der Waals surface area contributed by atoms with Crippen molar-refractivity contribution < 1.29 is 9.53 Å². The van der Waals surface area contributed by atoms with Crippen molar-refractivity contribution in [3.63, 3.8) is 0 Å². The highest BCUT2D eigenvalue weighted by molar-refractivity contribution is 7.98. The van der Waals surface area contributed by atoms with Gasteiger partial charge in [0.15, 0.2) is 0 Å². The van der Waals surface area contributed by atoms with E-state index in [0.29, 0.717) is 5.56 Å². The first kappa shape index (κ1) is 11.7. The topological polar surface area (TPSA) is 26.3 Å². The van der Waals surface area contributed by atoms with Crippen molar-refractivity contribution in [2.24, 2.45) is 0 Å². The van der Waals surface area contributed by atoms with Gasteiger partial charge in [-0.1, -0.05) is 0 Å². The maximum Gasteiger partial charge on any atom is 0.339 e. The summed E-state index contributed by atoms with van der Waals surface area (Å²) in [6.45, 7) is 0. The maximum absolute atomic E-state index is 11.4. The minimum atomic E-state index is -0.248. The number of ether oxygens (including phenoxy) is 1. The molecule has 2 aromatic rings. The first-order valence-electron chi connectivity index (χ1n) is 4.61. The third-order valence-electron chi connectivity index (χ3n) is 2.02. The Morgan fingerprint density at radius 1 is 1.44 bits per heavy atom. The summed E-state index contributed by atoms with van der Waals surface area (Å²) in [6, 6.07) is 3.90. The Labute approximate surface area is 106 Å². The molecule has 0 atom stereocenters. The molecule has 5 heteroatoms. The van der Waals surface area contributed by atoms with Crippen LogP contribution in [0.5, 0.6) is 0 Å². The molecule has 2 heterocycles. The lowest BCUT2D eigenvalue weighted by Crippen LogP contribution is -2.01. The van der Waals surface area contributed by atoms with Crippen molar-refractivity contribution in [3.05, 3.63) is 38.7 Å². The third-order valence-corrected chi connectivity index (χ3v) is 4.97. The van der Waals surface area contributed by atoms with Gasteiger partial charge in [-0.3, -0.25) is 0 Å². The number of esters is 1. The summed E-state index contributed by atoms with van der Waals surface area (Å²) in [5.74, 6) is 0.570. The van der Waals surface area contributed by atoms with Crippen LogP contribution >= 0.6 is 34.4 Å². The van der Waals surface area contributed by atoms with Gasteiger partial charge < -0.3 is 4.74 Å². The van der Waals surface area contributed by atoms with E-state index >= 15 is 0 Å². The molecule has 2 aromatic heterocycles. The van der Waals surface area contributed by atoms with Gasteiger partial charge in [0, 0.05) is 20.9 Å². The zero-order chi connectivity index (χ0) is 11.4. The van der Waals surface area contributed by atoms with Crippen LogP contribution in [0.4, 0.5) is 0 Å². The fraction of sp³-hybridized carbons (Fsp3) is 0.182. The van der Waals surface area contributed by atoms with Gasteiger partial charge >= 0.3 is 5.97 Å². The minimum absolute atomic E-state index is 0.248. The van der Waals surface area contributed by atoms with E-state index in [4.69, 9.17) is 4.74 Å². The Morgan fingerprint density at radius 3 is 3.00 bits per heavy atom. The van der Waals surface area contributed by atoms with E-state index in [2.05, 4.69) is 16.8 Å². The lowest BCUT2D eigenvalue weighted by atomic mass is 10.3. The Kier molecular flexibility index (Phi) is 4.04. The van der Waals surface area contributed by atoms with Gasteiger partial charge in [0.2, 0.25) is 0 Å². The van der Waals surface area contributed by atoms with Crippen LogP contribution < -0.4 is 0 Å². The van der Waals surface area contributed by atoms with Gasteiger partial charge in [-0.2, -0.15) is 11.3 Å². The van der Waals surface area contributed by atoms with E-state index in [-0.39, 0.29) is 5.97 Å². The Balaban J connectivity index is 2.04. The second-order valence-electron chi connectivity index (χ2n) is 3.00. The highest BCUT2D eigenvalue weighted by atomic mass is 32.2. The van der Waals surface area contributed by atoms with Gasteiger partial charge in [0.1, 0.15) is 0 Å². The summed E-state index contributed by atoms with van der Waals surface area (Å²) >= 11 is 5.02. The first-order valence-corrected chi connectivity index (χ1v) is 7.41. The van der Waals surface area contributed by atoms with Crippen LogP contribution in [-0.2, 0) is 10.5 Å². The van der Waals surface area contributed by atoms with E-state index in [1.165, 1.54) is 12.0 Å². The number of hydrogen-bond acceptors (Lipinski definition) is 5. The SMILES string of the molecule is COC(=O)c1ccsc1CSc1ccsc1. The molecule has 0 aromatic carbocycles. The number of carbonyl (C=O) groups excluding carboxylic acids is 1. The average molecular weight is 270 g/mol. The molecule has 16 heavy (non-hydrogen) atoms. The summed E-state index contributed by atoms with van der Waals surface area (Å²) in [6.07, 6.45) is 0. The highest BCUT2D eigenvalue weighted by Crippen LogP contribution is 2.29. The molecule has 0 spiro atoms. The van der Waals surface area contributed by atoms with Crippen molar-refractivity contribution in [1.82, 2.24) is 0 Å². The highest BCUT2D eigenvalue weighted by Gasteiger charge is 2.13. The van der Waals surface area contributed by atoms with Gasteiger partial charge in [-0.05, 0) is 22.9 Å². The average Bonchev–Trinajstić information content (AvgIpc) is 2.96. The lowest BCUT2D eigenvalue weighted by Gasteiger charge is -2.00. The molecule has 0 unspecified atom stereocenters. The predicted molar refractivity (Wildman–Crippen MR) is 69.5 cm³/mol. The molecule has 0 radical (unpaired) electrons. The third kappa shape index (κ3) is 2.66. The molecule has 84 valence electrons. The summed E-state index contributed by atoms with van der Waals surface area (Å²) in [7, 11) is 1.41. The number of thiophene rings is 2. The molecule has 0 saturated carbocycles. The van der Waals surface area contributed by atoms with Crippen LogP contribution in [0.25, 0.3) is 0 Å². The van der Waals surface area contributed by atoms with E-state index in [1.807, 2.05) is 11.4 Å². The van der Waals surface area contributed by atoms with Gasteiger partial charge in [-0.15, -0.1) is 23.1 Å². The molecule has 0 saturated heterocycles. The van der Waals surface area contributed by atoms with Crippen LogP contribution in [0.2, 0.25) is 0 Å². The summed E-state index contributed by atoms with van der Waals surface area (Å²) in [5, 5.41) is 6.09. The van der Waals surface area contributed by atoms with Crippen molar-refractivity contribution in [2.75, 3.05) is 7.11 Å². The molecular weight excluding hydrogens is 260 g/mol. The number of carbonyl (C=O) groups is 1. The summed E-state index contributed by atoms with van der Waals surface area (Å²) in [5.41, 5.74) is 0.690. The molecule has 0 amide bonds. The number of thioether (sulfide) groups is 1. The van der Waals surface area contributed by atoms with Crippen LogP contribution in [0.15, 0.2) is 33.2 Å². The molecule has 0 N–H and O–H groups in total. The van der Waals surface area contributed by atoms with E-state index in [9.17, 15) is 4.79 Å². The largest absolute Gasteiger partial charge is 0.465 e. The fourth-order valence-electron chi connectivity index (χ4n) is 1.23. The van der Waals surface area contributed by atoms with Crippen molar-refractivity contribution in [2.45, 2.75) is 10.6 Å². The fourth-order valence-corrected chi connectivity index (χ4v) is 3.98. The Morgan fingerprint density at radius 2 is 2.31 bits per heavy atom. The van der Waals surface area contributed by atoms with Crippen LogP contribution in [0, 0.1) is 0 Å². The van der Waals surface area contributed by atoms with Crippen molar-refractivity contribution in [3.8, 4) is 0 Å². The second kappa shape index (κ2) is 5.52. The zero-order valence-electron chi connectivity index (χ0n) is 8.64. The number of methoxy groups -OCH3 is 1. The zero-order valence-corrected chi connectivity index (χ0v) is 11.1. The number of rotatable bonds is 4. The second-order valence-corrected chi connectivity index (χ2v) is 5.83. The van der Waals surface area contributed by atoms with Crippen molar-refractivity contribution in [1.29, 1.82) is 0 Å². The molecule has 0 aliphatic carbocycles. The molecule has 0 bridgehead atoms. The molecule has 2 rings (SSSR count). The minimum Gasteiger partial charge on any atom is -0.465 e. The van der Waals surface area contributed by atoms with E-state index in [1.54, 1.807) is 34.4 Å². The maximum atomic E-state index is 11.4. The van der Waals surface area contributed by atoms with Crippen LogP contribution in [0.1, 0.15) is 15.2 Å². The molecule has 0 fully saturated rings. The normalized spacial score (nSPS) is 10.3. The summed E-state index contributed by atoms with van der Waals surface area (Å²) in [4.78, 5) is 13.8. The van der Waals surface area contributed by atoms with Gasteiger partial charge in [-0.25, -0.2) is 4.79 Å². The quantitative estimate of drug-likeness (QED) is 0.623. The smallest absolute Gasteiger partial charge is 0.339 e. The van der Waals surface area contributed by atoms with Crippen LogP contribution in [0.3, 0.4) is 0 Å². The molecule has 2 nitrogen and oxygen atoms in total. The number of hydrogen-bond donors (Lipinski definition) is 0. The van der Waals surface area contributed by atoms with Crippen LogP contribution in [-0.4, -0.2) is 13.1 Å². The molecular formula is C11H10O2S3. The first-order chi connectivity index (χ1) is 7.81. The monoisotopic (exact) mass is 270 g/mol. The summed E-state index contributed by atoms with van der Waals surface area (Å²) < 4.78 is 4.73. The van der Waals surface area contributed by atoms with Gasteiger partial charge in [0.25, 0.3) is 0 Å². The van der Waals surface area contributed by atoms with Crippen molar-refractivity contribution >= 4 is 40.4 Å². The van der Waals surface area contributed by atoms with Gasteiger partial charge in [0.05, 0.1) is 12.7 Å². The van der Waals surface area contributed by atoms with E-state index < -0.39 is 0 Å². The standard InChI is InChI=1S/C11H10O2S3/c1-13-11(12)9-3-5-15-10(9)7-16-8-2-4-14-6-8/h2-6H,7H2,1H3. The Hall–Kier alpha value is -0.780. The van der Waals surface area contributed by atoms with E-state index in [0.717, 1.165) is 10.6 Å². The Bertz CT molecular complexity index is 459. The predicted octanol–water partition coefficient (Wildman–Crippen LogP) is 3.89. The molecule has 0 aliphatic rings. The molecule has 0 aliphatic heterocycles.